The van der Waals surface area contributed by atoms with Crippen LogP contribution in [0.15, 0.2) is 29.8 Å². The first kappa shape index (κ1) is 14.0. The Morgan fingerprint density at radius 2 is 2.43 bits per heavy atom. The van der Waals surface area contributed by atoms with E-state index in [0.717, 1.165) is 25.5 Å². The smallest absolute Gasteiger partial charge is 0.273 e. The Bertz CT molecular complexity index is 615. The predicted octanol–water partition coefficient (Wildman–Crippen LogP) is 1.72. The third-order valence-electron chi connectivity index (χ3n) is 3.39. The van der Waals surface area contributed by atoms with Crippen molar-refractivity contribution in [1.82, 2.24) is 20.2 Å². The maximum Gasteiger partial charge on any atom is 0.273 e. The summed E-state index contributed by atoms with van der Waals surface area (Å²) in [7, 11) is 0. The lowest BCUT2D eigenvalue weighted by molar-refractivity contribution is 0.0650. The van der Waals surface area contributed by atoms with E-state index in [9.17, 15) is 4.79 Å². The molecule has 3 heterocycles. The Morgan fingerprint density at radius 3 is 3.19 bits per heavy atom. The lowest BCUT2D eigenvalue weighted by Gasteiger charge is -2.33. The van der Waals surface area contributed by atoms with E-state index in [1.54, 1.807) is 11.6 Å². The molecule has 2 N–H and O–H groups in total. The second-order valence-corrected chi connectivity index (χ2v) is 5.79. The monoisotopic (exact) mass is 303 g/mol. The lowest BCUT2D eigenvalue weighted by Crippen LogP contribution is -2.52. The Kier molecular flexibility index (Phi) is 4.12. The van der Waals surface area contributed by atoms with Gasteiger partial charge in [0.25, 0.3) is 5.91 Å². The molecule has 0 saturated carbocycles. The molecular weight excluding hydrogens is 286 g/mol. The molecule has 21 heavy (non-hydrogen) atoms. The molecule has 1 fully saturated rings. The minimum atomic E-state index is -0.00526. The summed E-state index contributed by atoms with van der Waals surface area (Å²) >= 11 is 1.41. The van der Waals surface area contributed by atoms with Gasteiger partial charge in [-0.2, -0.15) is 0 Å². The zero-order valence-electron chi connectivity index (χ0n) is 11.7. The Balaban J connectivity index is 1.71. The summed E-state index contributed by atoms with van der Waals surface area (Å²) in [5, 5.41) is 8.86. The number of carbonyl (C=O) groups excluding carboxylic acids is 1. The van der Waals surface area contributed by atoms with Crippen molar-refractivity contribution in [2.24, 2.45) is 0 Å². The second kappa shape index (κ2) is 6.19. The van der Waals surface area contributed by atoms with Crippen LogP contribution in [0.1, 0.15) is 17.4 Å². The van der Waals surface area contributed by atoms with Crippen LogP contribution in [0.3, 0.4) is 0 Å². The van der Waals surface area contributed by atoms with E-state index in [2.05, 4.69) is 20.6 Å². The largest absolute Gasteiger partial charge is 0.332 e. The first-order chi connectivity index (χ1) is 10.2. The number of piperazine rings is 1. The summed E-state index contributed by atoms with van der Waals surface area (Å²) in [6.07, 6.45) is 1.71. The number of thiazole rings is 1. The number of aromatic nitrogens is 2. The van der Waals surface area contributed by atoms with Gasteiger partial charge in [-0.15, -0.1) is 11.3 Å². The number of rotatable bonds is 3. The van der Waals surface area contributed by atoms with Crippen LogP contribution in [0.2, 0.25) is 0 Å². The van der Waals surface area contributed by atoms with Crippen LogP contribution < -0.4 is 10.6 Å². The molecule has 6 nitrogen and oxygen atoms in total. The molecule has 1 aliphatic rings. The fraction of sp³-hybridized carbons (Fsp3) is 0.357. The molecule has 2 aromatic rings. The zero-order chi connectivity index (χ0) is 14.7. The summed E-state index contributed by atoms with van der Waals surface area (Å²) in [5.74, 6) is 0.718. The van der Waals surface area contributed by atoms with Crippen LogP contribution in [0.5, 0.6) is 0 Å². The molecule has 7 heteroatoms. The highest BCUT2D eigenvalue weighted by Gasteiger charge is 2.25. The Hall–Kier alpha value is -1.99. The van der Waals surface area contributed by atoms with Crippen molar-refractivity contribution in [3.63, 3.8) is 0 Å². The summed E-state index contributed by atoms with van der Waals surface area (Å²) in [6.45, 7) is 4.43. The summed E-state index contributed by atoms with van der Waals surface area (Å²) in [5.41, 5.74) is 0.493. The Labute approximate surface area is 127 Å². The second-order valence-electron chi connectivity index (χ2n) is 4.93. The number of nitrogens with zero attached hydrogens (tertiary/aromatic N) is 3. The number of pyridine rings is 1. The van der Waals surface area contributed by atoms with Crippen molar-refractivity contribution in [1.29, 1.82) is 0 Å². The first-order valence-corrected chi connectivity index (χ1v) is 7.77. The number of hydrogen-bond acceptors (Lipinski definition) is 6. The molecule has 1 aliphatic heterocycles. The first-order valence-electron chi connectivity index (χ1n) is 6.89. The van der Waals surface area contributed by atoms with Gasteiger partial charge in [0.1, 0.15) is 11.5 Å². The molecule has 1 saturated heterocycles. The molecule has 1 amide bonds. The number of hydrogen-bond donors (Lipinski definition) is 2. The maximum absolute atomic E-state index is 12.5. The van der Waals surface area contributed by atoms with Crippen LogP contribution in [0.25, 0.3) is 0 Å². The fourth-order valence-corrected chi connectivity index (χ4v) is 2.96. The highest BCUT2D eigenvalue weighted by Crippen LogP contribution is 2.21. The van der Waals surface area contributed by atoms with Gasteiger partial charge in [-0.1, -0.05) is 6.07 Å². The zero-order valence-corrected chi connectivity index (χ0v) is 12.6. The van der Waals surface area contributed by atoms with Crippen LogP contribution in [0, 0.1) is 0 Å². The van der Waals surface area contributed by atoms with Gasteiger partial charge in [-0.3, -0.25) is 4.79 Å². The summed E-state index contributed by atoms with van der Waals surface area (Å²) in [4.78, 5) is 22.9. The molecule has 0 bridgehead atoms. The SMILES string of the molecule is C[C@H]1CNCCN1C(=O)c1csc(Nc2ccccn2)n1. The van der Waals surface area contributed by atoms with Crippen LogP contribution >= 0.6 is 11.3 Å². The maximum atomic E-state index is 12.5. The standard InChI is InChI=1S/C14H17N5OS/c1-10-8-15-6-7-19(10)13(20)11-9-21-14(17-11)18-12-4-2-3-5-16-12/h2-5,9-10,15H,6-8H2,1H3,(H,16,17,18)/t10-/m0/s1. The quantitative estimate of drug-likeness (QED) is 0.903. The van der Waals surface area contributed by atoms with Crippen molar-refractivity contribution in [3.05, 3.63) is 35.5 Å². The molecule has 0 aromatic carbocycles. The summed E-state index contributed by atoms with van der Waals surface area (Å²) in [6, 6.07) is 5.81. The van der Waals surface area contributed by atoms with E-state index in [1.165, 1.54) is 11.3 Å². The minimum absolute atomic E-state index is 0.00526. The van der Waals surface area contributed by atoms with Crippen molar-refractivity contribution in [2.45, 2.75) is 13.0 Å². The molecule has 2 aromatic heterocycles. The van der Waals surface area contributed by atoms with E-state index >= 15 is 0 Å². The lowest BCUT2D eigenvalue weighted by atomic mass is 10.2. The number of amides is 1. The van der Waals surface area contributed by atoms with Crippen LogP contribution in [0.4, 0.5) is 10.9 Å². The molecule has 1 atom stereocenters. The summed E-state index contributed by atoms with van der Waals surface area (Å²) < 4.78 is 0. The molecule has 0 spiro atoms. The molecular formula is C14H17N5OS. The molecule has 0 unspecified atom stereocenters. The van der Waals surface area contributed by atoms with Gasteiger partial charge < -0.3 is 15.5 Å². The normalized spacial score (nSPS) is 18.5. The van der Waals surface area contributed by atoms with Gasteiger partial charge in [0.2, 0.25) is 0 Å². The molecule has 0 aliphatic carbocycles. The van der Waals surface area contributed by atoms with Crippen molar-refractivity contribution in [3.8, 4) is 0 Å². The topological polar surface area (TPSA) is 70.2 Å². The number of anilines is 2. The molecule has 110 valence electrons. The van der Waals surface area contributed by atoms with E-state index in [0.29, 0.717) is 10.8 Å². The van der Waals surface area contributed by atoms with Crippen molar-refractivity contribution < 1.29 is 4.79 Å². The van der Waals surface area contributed by atoms with E-state index in [1.807, 2.05) is 30.0 Å². The van der Waals surface area contributed by atoms with Gasteiger partial charge in [0, 0.05) is 37.3 Å². The molecule has 3 rings (SSSR count). The minimum Gasteiger partial charge on any atom is -0.332 e. The van der Waals surface area contributed by atoms with E-state index in [-0.39, 0.29) is 11.9 Å². The average molecular weight is 303 g/mol. The van der Waals surface area contributed by atoms with Gasteiger partial charge >= 0.3 is 0 Å². The van der Waals surface area contributed by atoms with Crippen LogP contribution in [-0.2, 0) is 0 Å². The van der Waals surface area contributed by atoms with Gasteiger partial charge in [-0.05, 0) is 19.1 Å². The average Bonchev–Trinajstić information content (AvgIpc) is 2.97. The van der Waals surface area contributed by atoms with Crippen molar-refractivity contribution >= 4 is 28.2 Å². The number of carbonyl (C=O) groups is 1. The highest BCUT2D eigenvalue weighted by atomic mass is 32.1. The van der Waals surface area contributed by atoms with Crippen LogP contribution in [-0.4, -0.2) is 46.5 Å². The van der Waals surface area contributed by atoms with Gasteiger partial charge in [0.05, 0.1) is 0 Å². The third-order valence-corrected chi connectivity index (χ3v) is 4.14. The molecule has 0 radical (unpaired) electrons. The third kappa shape index (κ3) is 3.20. The van der Waals surface area contributed by atoms with Gasteiger partial charge in [0.15, 0.2) is 5.13 Å². The van der Waals surface area contributed by atoms with E-state index < -0.39 is 0 Å². The highest BCUT2D eigenvalue weighted by molar-refractivity contribution is 7.14. The van der Waals surface area contributed by atoms with E-state index in [4.69, 9.17) is 0 Å². The number of nitrogens with one attached hydrogen (secondary N) is 2. The fourth-order valence-electron chi connectivity index (χ4n) is 2.27. The van der Waals surface area contributed by atoms with Gasteiger partial charge in [-0.25, -0.2) is 9.97 Å². The van der Waals surface area contributed by atoms with Crippen molar-refractivity contribution in [2.75, 3.05) is 25.0 Å². The predicted molar refractivity (Wildman–Crippen MR) is 83.0 cm³/mol. The Morgan fingerprint density at radius 1 is 1.52 bits per heavy atom.